The van der Waals surface area contributed by atoms with Crippen LogP contribution < -0.4 is 11.1 Å². The fourth-order valence-corrected chi connectivity index (χ4v) is 2.25. The van der Waals surface area contributed by atoms with Gasteiger partial charge in [-0.3, -0.25) is 4.79 Å². The van der Waals surface area contributed by atoms with Crippen molar-refractivity contribution in [3.8, 4) is 0 Å². The second-order valence-electron chi connectivity index (χ2n) is 4.50. The van der Waals surface area contributed by atoms with E-state index in [0.717, 1.165) is 10.0 Å². The quantitative estimate of drug-likeness (QED) is 0.345. The highest BCUT2D eigenvalue weighted by Gasteiger charge is 2.11. The average molecular weight is 348 g/mol. The van der Waals surface area contributed by atoms with Crippen molar-refractivity contribution in [2.45, 2.75) is 6.92 Å². The molecule has 2 aromatic rings. The summed E-state index contributed by atoms with van der Waals surface area (Å²) < 4.78 is 0.721. The van der Waals surface area contributed by atoms with Gasteiger partial charge in [0, 0.05) is 15.7 Å². The topological polar surface area (TPSA) is 87.7 Å². The molecular formula is C15H14BrN3O2. The lowest BCUT2D eigenvalue weighted by molar-refractivity contribution is 0.102. The zero-order valence-corrected chi connectivity index (χ0v) is 12.9. The van der Waals surface area contributed by atoms with E-state index >= 15 is 0 Å². The molecule has 6 heteroatoms. The number of halogens is 1. The third-order valence-electron chi connectivity index (χ3n) is 2.89. The zero-order chi connectivity index (χ0) is 15.4. The van der Waals surface area contributed by atoms with E-state index in [0.29, 0.717) is 16.8 Å². The summed E-state index contributed by atoms with van der Waals surface area (Å²) in [7, 11) is 0. The van der Waals surface area contributed by atoms with E-state index in [-0.39, 0.29) is 11.7 Å². The number of oxime groups is 1. The maximum atomic E-state index is 12.3. The molecule has 0 radical (unpaired) electrons. The van der Waals surface area contributed by atoms with E-state index in [2.05, 4.69) is 26.4 Å². The fraction of sp³-hybridized carbons (Fsp3) is 0.0667. The number of nitrogens with zero attached hydrogens (tertiary/aromatic N) is 1. The fourth-order valence-electron chi connectivity index (χ4n) is 1.83. The third-order valence-corrected chi connectivity index (χ3v) is 3.58. The van der Waals surface area contributed by atoms with Crippen LogP contribution in [-0.4, -0.2) is 17.0 Å². The minimum absolute atomic E-state index is 0.0113. The molecule has 0 aliphatic carbocycles. The van der Waals surface area contributed by atoms with Crippen LogP contribution in [0, 0.1) is 6.92 Å². The van der Waals surface area contributed by atoms with Crippen LogP contribution in [0.3, 0.4) is 0 Å². The van der Waals surface area contributed by atoms with Crippen molar-refractivity contribution >= 4 is 33.4 Å². The Balaban J connectivity index is 2.26. The number of carbonyl (C=O) groups is 1. The SMILES string of the molecule is Cc1ccc(Br)c(C(=O)Nc2cccc(/C(N)=N/O)c2)c1. The number of hydrogen-bond acceptors (Lipinski definition) is 3. The summed E-state index contributed by atoms with van der Waals surface area (Å²) in [5.74, 6) is -0.245. The minimum atomic E-state index is -0.234. The van der Waals surface area contributed by atoms with Gasteiger partial charge in [0.2, 0.25) is 0 Å². The van der Waals surface area contributed by atoms with Crippen LogP contribution in [-0.2, 0) is 0 Å². The summed E-state index contributed by atoms with van der Waals surface area (Å²) in [4.78, 5) is 12.3. The molecule has 0 spiro atoms. The molecule has 0 aliphatic heterocycles. The second-order valence-corrected chi connectivity index (χ2v) is 5.36. The molecule has 0 aromatic heterocycles. The Morgan fingerprint density at radius 1 is 1.29 bits per heavy atom. The summed E-state index contributed by atoms with van der Waals surface area (Å²) >= 11 is 3.36. The molecule has 0 saturated carbocycles. The van der Waals surface area contributed by atoms with Crippen molar-refractivity contribution in [3.63, 3.8) is 0 Å². The van der Waals surface area contributed by atoms with E-state index < -0.39 is 0 Å². The minimum Gasteiger partial charge on any atom is -0.409 e. The van der Waals surface area contributed by atoms with Gasteiger partial charge in [0.15, 0.2) is 5.84 Å². The Labute approximate surface area is 130 Å². The van der Waals surface area contributed by atoms with Gasteiger partial charge in [-0.1, -0.05) is 28.9 Å². The zero-order valence-electron chi connectivity index (χ0n) is 11.3. The molecule has 2 rings (SSSR count). The Hall–Kier alpha value is -2.34. The number of amidine groups is 1. The lowest BCUT2D eigenvalue weighted by Gasteiger charge is -2.09. The van der Waals surface area contributed by atoms with Crippen LogP contribution in [0.25, 0.3) is 0 Å². The number of nitrogens with two attached hydrogens (primary N) is 1. The molecule has 1 amide bonds. The maximum Gasteiger partial charge on any atom is 0.256 e. The number of benzene rings is 2. The Bertz CT molecular complexity index is 714. The van der Waals surface area contributed by atoms with Gasteiger partial charge in [0.05, 0.1) is 5.56 Å². The van der Waals surface area contributed by atoms with Crippen LogP contribution in [0.15, 0.2) is 52.1 Å². The van der Waals surface area contributed by atoms with E-state index in [9.17, 15) is 4.79 Å². The Morgan fingerprint density at radius 2 is 2.05 bits per heavy atom. The highest BCUT2D eigenvalue weighted by Crippen LogP contribution is 2.20. The average Bonchev–Trinajstić information content (AvgIpc) is 2.49. The van der Waals surface area contributed by atoms with Gasteiger partial charge in [-0.15, -0.1) is 0 Å². The third kappa shape index (κ3) is 3.61. The van der Waals surface area contributed by atoms with Crippen molar-refractivity contribution in [1.82, 2.24) is 0 Å². The Morgan fingerprint density at radius 3 is 2.76 bits per heavy atom. The van der Waals surface area contributed by atoms with E-state index in [1.165, 1.54) is 0 Å². The summed E-state index contributed by atoms with van der Waals surface area (Å²) in [5, 5.41) is 14.4. The number of carbonyl (C=O) groups excluding carboxylic acids is 1. The van der Waals surface area contributed by atoms with Crippen molar-refractivity contribution < 1.29 is 10.0 Å². The van der Waals surface area contributed by atoms with Gasteiger partial charge in [-0.2, -0.15) is 0 Å². The molecule has 2 aromatic carbocycles. The second kappa shape index (κ2) is 6.41. The number of nitrogens with one attached hydrogen (secondary N) is 1. The van der Waals surface area contributed by atoms with Gasteiger partial charge in [0.25, 0.3) is 5.91 Å². The summed E-state index contributed by atoms with van der Waals surface area (Å²) in [5.41, 5.74) is 8.16. The molecule has 0 saturated heterocycles. The van der Waals surface area contributed by atoms with Crippen molar-refractivity contribution in [2.24, 2.45) is 10.9 Å². The molecule has 0 unspecified atom stereocenters. The largest absolute Gasteiger partial charge is 0.409 e. The molecule has 0 fully saturated rings. The number of rotatable bonds is 3. The first-order valence-corrected chi connectivity index (χ1v) is 6.96. The monoisotopic (exact) mass is 347 g/mol. The summed E-state index contributed by atoms with van der Waals surface area (Å²) in [6.07, 6.45) is 0. The summed E-state index contributed by atoms with van der Waals surface area (Å²) in [6.45, 7) is 1.92. The molecular weight excluding hydrogens is 334 g/mol. The van der Waals surface area contributed by atoms with Crippen molar-refractivity contribution in [2.75, 3.05) is 5.32 Å². The highest BCUT2D eigenvalue weighted by molar-refractivity contribution is 9.10. The van der Waals surface area contributed by atoms with E-state index in [1.54, 1.807) is 30.3 Å². The molecule has 0 heterocycles. The molecule has 108 valence electrons. The van der Waals surface area contributed by atoms with Crippen molar-refractivity contribution in [1.29, 1.82) is 0 Å². The van der Waals surface area contributed by atoms with E-state index in [4.69, 9.17) is 10.9 Å². The lowest BCUT2D eigenvalue weighted by Crippen LogP contribution is -2.15. The number of aryl methyl sites for hydroxylation is 1. The molecule has 5 nitrogen and oxygen atoms in total. The molecule has 0 bridgehead atoms. The van der Waals surface area contributed by atoms with Crippen LogP contribution in [0.2, 0.25) is 0 Å². The first kappa shape index (κ1) is 15.1. The number of anilines is 1. The Kier molecular flexibility index (Phi) is 4.59. The number of hydrogen-bond donors (Lipinski definition) is 3. The van der Waals surface area contributed by atoms with Gasteiger partial charge in [-0.25, -0.2) is 0 Å². The van der Waals surface area contributed by atoms with Gasteiger partial charge >= 0.3 is 0 Å². The van der Waals surface area contributed by atoms with Crippen LogP contribution >= 0.6 is 15.9 Å². The van der Waals surface area contributed by atoms with Gasteiger partial charge < -0.3 is 16.3 Å². The predicted octanol–water partition coefficient (Wildman–Crippen LogP) is 3.10. The van der Waals surface area contributed by atoms with E-state index in [1.807, 2.05) is 19.1 Å². The van der Waals surface area contributed by atoms with Crippen LogP contribution in [0.1, 0.15) is 21.5 Å². The van der Waals surface area contributed by atoms with Crippen molar-refractivity contribution in [3.05, 3.63) is 63.6 Å². The predicted molar refractivity (Wildman–Crippen MR) is 85.8 cm³/mol. The maximum absolute atomic E-state index is 12.3. The lowest BCUT2D eigenvalue weighted by atomic mass is 10.1. The first-order chi connectivity index (χ1) is 10.0. The first-order valence-electron chi connectivity index (χ1n) is 6.16. The molecule has 4 N–H and O–H groups in total. The van der Waals surface area contributed by atoms with Gasteiger partial charge in [-0.05, 0) is 47.1 Å². The van der Waals surface area contributed by atoms with Crippen LogP contribution in [0.5, 0.6) is 0 Å². The number of amides is 1. The smallest absolute Gasteiger partial charge is 0.256 e. The molecule has 21 heavy (non-hydrogen) atoms. The highest BCUT2D eigenvalue weighted by atomic mass is 79.9. The standard InChI is InChI=1S/C15H14BrN3O2/c1-9-5-6-13(16)12(7-9)15(20)18-11-4-2-3-10(8-11)14(17)19-21/h2-8,21H,1H3,(H2,17,19)(H,18,20). The van der Waals surface area contributed by atoms with Gasteiger partial charge in [0.1, 0.15) is 0 Å². The molecule has 0 aliphatic rings. The summed E-state index contributed by atoms with van der Waals surface area (Å²) in [6, 6.07) is 12.3. The molecule has 0 atom stereocenters. The normalized spacial score (nSPS) is 11.2. The van der Waals surface area contributed by atoms with Crippen LogP contribution in [0.4, 0.5) is 5.69 Å².